The lowest BCUT2D eigenvalue weighted by atomic mass is 9.99. The molecule has 0 aromatic heterocycles. The van der Waals surface area contributed by atoms with Gasteiger partial charge in [0, 0.05) is 6.04 Å². The van der Waals surface area contributed by atoms with Gasteiger partial charge in [-0.25, -0.2) is 4.39 Å². The average molecular weight is 306 g/mol. The van der Waals surface area contributed by atoms with E-state index in [2.05, 4.69) is 29.6 Å². The highest BCUT2D eigenvalue weighted by atomic mass is 35.5. The molecule has 21 heavy (non-hydrogen) atoms. The standard InChI is InChI=1S/C18H21ClFN/c1-21-16(9-5-8-14-6-3-2-4-7-14)12-15-10-11-17(19)18(20)13-15/h2-4,6-7,10-11,13,16,21H,5,8-9,12H2,1H3. The first kappa shape index (κ1) is 16.0. The van der Waals surface area contributed by atoms with Gasteiger partial charge in [-0.1, -0.05) is 48.0 Å². The Morgan fingerprint density at radius 3 is 2.52 bits per heavy atom. The van der Waals surface area contributed by atoms with Crippen molar-refractivity contribution >= 4 is 11.6 Å². The van der Waals surface area contributed by atoms with E-state index < -0.39 is 0 Å². The molecule has 0 spiro atoms. The van der Waals surface area contributed by atoms with E-state index in [0.717, 1.165) is 31.2 Å². The first-order valence-corrected chi connectivity index (χ1v) is 7.72. The minimum absolute atomic E-state index is 0.184. The normalized spacial score (nSPS) is 12.3. The fourth-order valence-corrected chi connectivity index (χ4v) is 2.61. The van der Waals surface area contributed by atoms with Gasteiger partial charge in [0.25, 0.3) is 0 Å². The lowest BCUT2D eigenvalue weighted by Crippen LogP contribution is -2.27. The van der Waals surface area contributed by atoms with Crippen LogP contribution in [-0.2, 0) is 12.8 Å². The summed E-state index contributed by atoms with van der Waals surface area (Å²) in [6.07, 6.45) is 4.08. The van der Waals surface area contributed by atoms with Gasteiger partial charge in [0.1, 0.15) is 5.82 Å². The van der Waals surface area contributed by atoms with Crippen LogP contribution in [-0.4, -0.2) is 13.1 Å². The van der Waals surface area contributed by atoms with Crippen LogP contribution in [0.4, 0.5) is 4.39 Å². The smallest absolute Gasteiger partial charge is 0.142 e. The van der Waals surface area contributed by atoms with Gasteiger partial charge >= 0.3 is 0 Å². The van der Waals surface area contributed by atoms with E-state index >= 15 is 0 Å². The molecule has 2 aromatic carbocycles. The summed E-state index contributed by atoms with van der Waals surface area (Å²) in [6.45, 7) is 0. The van der Waals surface area contributed by atoms with Gasteiger partial charge in [0.05, 0.1) is 5.02 Å². The topological polar surface area (TPSA) is 12.0 Å². The molecular weight excluding hydrogens is 285 g/mol. The van der Waals surface area contributed by atoms with Crippen LogP contribution in [0.2, 0.25) is 5.02 Å². The Kier molecular flexibility index (Phi) is 6.21. The molecule has 112 valence electrons. The molecule has 2 aromatic rings. The number of aryl methyl sites for hydroxylation is 1. The van der Waals surface area contributed by atoms with Crippen LogP contribution < -0.4 is 5.32 Å². The Morgan fingerprint density at radius 2 is 1.86 bits per heavy atom. The van der Waals surface area contributed by atoms with Crippen molar-refractivity contribution in [3.63, 3.8) is 0 Å². The fraction of sp³-hybridized carbons (Fsp3) is 0.333. The second-order valence-electron chi connectivity index (χ2n) is 5.32. The molecule has 0 radical (unpaired) electrons. The number of halogens is 2. The molecular formula is C18H21ClFN. The van der Waals surface area contributed by atoms with Gasteiger partial charge < -0.3 is 5.32 Å². The number of hydrogen-bond donors (Lipinski definition) is 1. The van der Waals surface area contributed by atoms with Crippen LogP contribution in [0, 0.1) is 5.82 Å². The predicted molar refractivity (Wildman–Crippen MR) is 87.3 cm³/mol. The molecule has 0 aliphatic rings. The third kappa shape index (κ3) is 5.14. The summed E-state index contributed by atoms with van der Waals surface area (Å²) < 4.78 is 13.5. The maximum Gasteiger partial charge on any atom is 0.142 e. The summed E-state index contributed by atoms with van der Waals surface area (Å²) in [5.41, 5.74) is 2.35. The summed E-state index contributed by atoms with van der Waals surface area (Å²) in [6, 6.07) is 15.9. The minimum Gasteiger partial charge on any atom is -0.317 e. The molecule has 0 bridgehead atoms. The molecule has 0 aliphatic carbocycles. The number of likely N-dealkylation sites (N-methyl/N-ethyl adjacent to an activating group) is 1. The van der Waals surface area contributed by atoms with Crippen LogP contribution in [0.15, 0.2) is 48.5 Å². The maximum atomic E-state index is 13.5. The van der Waals surface area contributed by atoms with Crippen molar-refractivity contribution in [1.29, 1.82) is 0 Å². The van der Waals surface area contributed by atoms with Crippen LogP contribution >= 0.6 is 11.6 Å². The molecule has 1 N–H and O–H groups in total. The summed E-state index contributed by atoms with van der Waals surface area (Å²) in [7, 11) is 1.96. The third-order valence-corrected chi connectivity index (χ3v) is 4.04. The van der Waals surface area contributed by atoms with Crippen molar-refractivity contribution in [3.8, 4) is 0 Å². The first-order chi connectivity index (χ1) is 10.2. The Morgan fingerprint density at radius 1 is 1.10 bits per heavy atom. The van der Waals surface area contributed by atoms with E-state index in [4.69, 9.17) is 11.6 Å². The molecule has 2 rings (SSSR count). The van der Waals surface area contributed by atoms with Gasteiger partial charge in [-0.05, 0) is 56.0 Å². The van der Waals surface area contributed by atoms with E-state index in [1.165, 1.54) is 11.6 Å². The van der Waals surface area contributed by atoms with E-state index in [0.29, 0.717) is 6.04 Å². The molecule has 1 unspecified atom stereocenters. The van der Waals surface area contributed by atoms with E-state index in [1.807, 2.05) is 19.2 Å². The lowest BCUT2D eigenvalue weighted by Gasteiger charge is -2.16. The Hall–Kier alpha value is -1.38. The second-order valence-corrected chi connectivity index (χ2v) is 5.72. The van der Waals surface area contributed by atoms with Crippen LogP contribution in [0.25, 0.3) is 0 Å². The molecule has 1 nitrogen and oxygen atoms in total. The van der Waals surface area contributed by atoms with Gasteiger partial charge in [-0.2, -0.15) is 0 Å². The molecule has 0 saturated heterocycles. The monoisotopic (exact) mass is 305 g/mol. The summed E-state index contributed by atoms with van der Waals surface area (Å²) in [4.78, 5) is 0. The predicted octanol–water partition coefficient (Wildman–Crippen LogP) is 4.63. The lowest BCUT2D eigenvalue weighted by molar-refractivity contribution is 0.500. The summed E-state index contributed by atoms with van der Waals surface area (Å²) in [5, 5.41) is 3.50. The zero-order chi connectivity index (χ0) is 15.1. The number of hydrogen-bond acceptors (Lipinski definition) is 1. The summed E-state index contributed by atoms with van der Waals surface area (Å²) >= 11 is 5.71. The van der Waals surface area contributed by atoms with Crippen molar-refractivity contribution < 1.29 is 4.39 Å². The Balaban J connectivity index is 1.84. The van der Waals surface area contributed by atoms with Crippen molar-refractivity contribution in [2.45, 2.75) is 31.7 Å². The highest BCUT2D eigenvalue weighted by molar-refractivity contribution is 6.30. The average Bonchev–Trinajstić information content (AvgIpc) is 2.51. The van der Waals surface area contributed by atoms with Gasteiger partial charge in [-0.15, -0.1) is 0 Å². The molecule has 0 aliphatic heterocycles. The molecule has 0 heterocycles. The molecule has 3 heteroatoms. The van der Waals surface area contributed by atoms with Crippen molar-refractivity contribution in [2.24, 2.45) is 0 Å². The van der Waals surface area contributed by atoms with E-state index in [1.54, 1.807) is 6.07 Å². The minimum atomic E-state index is -0.340. The molecule has 0 amide bonds. The quantitative estimate of drug-likeness (QED) is 0.786. The van der Waals surface area contributed by atoms with Crippen molar-refractivity contribution in [3.05, 3.63) is 70.5 Å². The Labute approximate surface area is 131 Å². The SMILES string of the molecule is CNC(CCCc1ccccc1)Cc1ccc(Cl)c(F)c1. The number of rotatable bonds is 7. The van der Waals surface area contributed by atoms with E-state index in [-0.39, 0.29) is 10.8 Å². The van der Waals surface area contributed by atoms with Crippen molar-refractivity contribution in [1.82, 2.24) is 5.32 Å². The van der Waals surface area contributed by atoms with Gasteiger partial charge in [0.2, 0.25) is 0 Å². The largest absolute Gasteiger partial charge is 0.317 e. The number of benzene rings is 2. The van der Waals surface area contributed by atoms with E-state index in [9.17, 15) is 4.39 Å². The summed E-state index contributed by atoms with van der Waals surface area (Å²) in [5.74, 6) is -0.340. The van der Waals surface area contributed by atoms with Crippen molar-refractivity contribution in [2.75, 3.05) is 7.05 Å². The third-order valence-electron chi connectivity index (χ3n) is 3.74. The molecule has 0 fully saturated rings. The zero-order valence-corrected chi connectivity index (χ0v) is 13.0. The van der Waals surface area contributed by atoms with Gasteiger partial charge in [0.15, 0.2) is 0 Å². The zero-order valence-electron chi connectivity index (χ0n) is 12.3. The maximum absolute atomic E-state index is 13.5. The fourth-order valence-electron chi connectivity index (χ4n) is 2.50. The first-order valence-electron chi connectivity index (χ1n) is 7.34. The Bertz CT molecular complexity index is 556. The molecule has 0 saturated carbocycles. The second kappa shape index (κ2) is 8.16. The van der Waals surface area contributed by atoms with Crippen LogP contribution in [0.3, 0.4) is 0 Å². The highest BCUT2D eigenvalue weighted by Gasteiger charge is 2.09. The van der Waals surface area contributed by atoms with Crippen LogP contribution in [0.1, 0.15) is 24.0 Å². The van der Waals surface area contributed by atoms with Gasteiger partial charge in [-0.3, -0.25) is 0 Å². The highest BCUT2D eigenvalue weighted by Crippen LogP contribution is 2.17. The van der Waals surface area contributed by atoms with Crippen LogP contribution in [0.5, 0.6) is 0 Å². The number of nitrogens with one attached hydrogen (secondary N) is 1. The molecule has 1 atom stereocenters.